The van der Waals surface area contributed by atoms with Crippen molar-refractivity contribution in [1.29, 1.82) is 0 Å². The van der Waals surface area contributed by atoms with Gasteiger partial charge in [0.25, 0.3) is 5.91 Å². The van der Waals surface area contributed by atoms with E-state index in [1.54, 1.807) is 30.1 Å². The molecule has 0 atom stereocenters. The van der Waals surface area contributed by atoms with Crippen molar-refractivity contribution in [2.24, 2.45) is 0 Å². The van der Waals surface area contributed by atoms with Gasteiger partial charge in [0, 0.05) is 30.2 Å². The van der Waals surface area contributed by atoms with Gasteiger partial charge in [0.05, 0.1) is 23.3 Å². The second-order valence-corrected chi connectivity index (χ2v) is 9.54. The van der Waals surface area contributed by atoms with Crippen LogP contribution in [0.15, 0.2) is 59.4 Å². The second-order valence-electron chi connectivity index (χ2n) is 9.54. The number of benzene rings is 2. The lowest BCUT2D eigenvalue weighted by Gasteiger charge is -2.12. The number of nitrogens with zero attached hydrogens (tertiary/aromatic N) is 5. The first-order chi connectivity index (χ1) is 23.5. The second kappa shape index (κ2) is 15.1. The molecule has 0 bridgehead atoms. The molecular weight excluding hydrogens is 722 g/mol. The Labute approximate surface area is 276 Å². The zero-order valence-electron chi connectivity index (χ0n) is 25.0. The molecule has 0 aliphatic carbocycles. The normalized spacial score (nSPS) is 11.7. The molecule has 14 nitrogen and oxygen atoms in total. The maximum atomic E-state index is 14.9. The molecule has 0 aliphatic rings. The first kappa shape index (κ1) is 39.2. The van der Waals surface area contributed by atoms with Crippen LogP contribution in [0.2, 0.25) is 0 Å². The van der Waals surface area contributed by atoms with E-state index in [1.165, 1.54) is 30.3 Å². The van der Waals surface area contributed by atoms with Crippen LogP contribution in [0, 0.1) is 5.82 Å². The molecule has 274 valence electrons. The minimum absolute atomic E-state index is 0.0176. The Bertz CT molecular complexity index is 2010. The van der Waals surface area contributed by atoms with Gasteiger partial charge in [0.1, 0.15) is 17.3 Å². The van der Waals surface area contributed by atoms with Gasteiger partial charge in [-0.2, -0.15) is 44.6 Å². The molecule has 51 heavy (non-hydrogen) atoms. The first-order valence-electron chi connectivity index (χ1n) is 13.3. The summed E-state index contributed by atoms with van der Waals surface area (Å²) in [7, 11) is 1.74. The molecule has 2 aromatic carbocycles. The quantitative estimate of drug-likeness (QED) is 0.144. The zero-order chi connectivity index (χ0) is 38.5. The number of carboxylic acid groups (broad SMARTS) is 2. The summed E-state index contributed by atoms with van der Waals surface area (Å²) in [4.78, 5) is 35.0. The van der Waals surface area contributed by atoms with Crippen LogP contribution in [-0.4, -0.2) is 71.9 Å². The summed E-state index contributed by atoms with van der Waals surface area (Å²) in [6.07, 6.45) is -11.8. The van der Waals surface area contributed by atoms with Crippen molar-refractivity contribution in [3.8, 4) is 11.4 Å². The molecule has 5 aromatic rings. The number of aliphatic carboxylic acids is 2. The van der Waals surface area contributed by atoms with Crippen molar-refractivity contribution in [2.45, 2.75) is 25.1 Å². The average molecular weight is 742 g/mol. The first-order valence-corrected chi connectivity index (χ1v) is 13.3. The van der Waals surface area contributed by atoms with Gasteiger partial charge in [-0.1, -0.05) is 5.16 Å². The highest BCUT2D eigenvalue weighted by molar-refractivity contribution is 6.04. The SMILES string of the molecule is CNCc1nccn1-c1ccc(NC(=O)c2cc(C(F)(F)F)nn2-c2ccc3onc(N)c3c2)c(F)c1.O=C(O)C(F)(F)F.O=C(O)C(F)(F)F. The Hall–Kier alpha value is -6.20. The van der Waals surface area contributed by atoms with Crippen molar-refractivity contribution in [3.63, 3.8) is 0 Å². The third kappa shape index (κ3) is 9.93. The van der Waals surface area contributed by atoms with Crippen LogP contribution in [0.3, 0.4) is 0 Å². The van der Waals surface area contributed by atoms with Gasteiger partial charge in [0.2, 0.25) is 0 Å². The number of amides is 1. The number of hydrogen-bond donors (Lipinski definition) is 5. The van der Waals surface area contributed by atoms with Crippen molar-refractivity contribution < 1.29 is 73.0 Å². The number of halogens is 10. The molecule has 0 saturated heterocycles. The summed E-state index contributed by atoms with van der Waals surface area (Å²) in [5, 5.41) is 27.0. The summed E-state index contributed by atoms with van der Waals surface area (Å²) in [5.41, 5.74) is 4.57. The Morgan fingerprint density at radius 2 is 1.49 bits per heavy atom. The number of imidazole rings is 1. The number of aromatic nitrogens is 5. The average Bonchev–Trinajstić information content (AvgIpc) is 3.77. The molecule has 0 radical (unpaired) electrons. The van der Waals surface area contributed by atoms with Gasteiger partial charge in [-0.05, 0) is 37.4 Å². The van der Waals surface area contributed by atoms with Crippen LogP contribution >= 0.6 is 0 Å². The molecule has 0 saturated carbocycles. The molecule has 6 N–H and O–H groups in total. The number of nitrogens with two attached hydrogens (primary N) is 1. The number of nitrogen functional groups attached to an aromatic ring is 1. The van der Waals surface area contributed by atoms with Crippen LogP contribution in [0.1, 0.15) is 22.0 Å². The van der Waals surface area contributed by atoms with E-state index >= 15 is 0 Å². The number of fused-ring (bicyclic) bond motifs is 1. The number of hydrogen-bond acceptors (Lipinski definition) is 9. The zero-order valence-corrected chi connectivity index (χ0v) is 25.0. The number of anilines is 2. The number of carbonyl (C=O) groups excluding carboxylic acids is 1. The maximum absolute atomic E-state index is 14.9. The van der Waals surface area contributed by atoms with E-state index in [0.717, 1.165) is 4.68 Å². The van der Waals surface area contributed by atoms with Gasteiger partial charge < -0.3 is 35.7 Å². The minimum Gasteiger partial charge on any atom is -0.475 e. The van der Waals surface area contributed by atoms with Gasteiger partial charge >= 0.3 is 30.5 Å². The topological polar surface area (TPSA) is 203 Å². The van der Waals surface area contributed by atoms with Crippen LogP contribution < -0.4 is 16.4 Å². The fourth-order valence-electron chi connectivity index (χ4n) is 3.76. The van der Waals surface area contributed by atoms with Gasteiger partial charge in [0.15, 0.2) is 17.1 Å². The lowest BCUT2D eigenvalue weighted by molar-refractivity contribution is -0.193. The minimum atomic E-state index is -5.08. The summed E-state index contributed by atoms with van der Waals surface area (Å²) >= 11 is 0. The summed E-state index contributed by atoms with van der Waals surface area (Å²) in [5.74, 6) is -6.67. The highest BCUT2D eigenvalue weighted by atomic mass is 19.4. The smallest absolute Gasteiger partial charge is 0.475 e. The van der Waals surface area contributed by atoms with Crippen molar-refractivity contribution in [1.82, 2.24) is 29.8 Å². The fourth-order valence-corrected chi connectivity index (χ4v) is 3.76. The van der Waals surface area contributed by atoms with E-state index in [4.69, 9.17) is 30.1 Å². The number of alkyl halides is 9. The van der Waals surface area contributed by atoms with Crippen LogP contribution in [-0.2, 0) is 22.3 Å². The Morgan fingerprint density at radius 1 is 0.902 bits per heavy atom. The molecule has 5 rings (SSSR count). The van der Waals surface area contributed by atoms with Gasteiger partial charge in [-0.15, -0.1) is 0 Å². The largest absolute Gasteiger partial charge is 0.490 e. The third-order valence-corrected chi connectivity index (χ3v) is 5.97. The molecular formula is C27H20F10N8O6. The van der Waals surface area contributed by atoms with Crippen LogP contribution in [0.25, 0.3) is 22.3 Å². The predicted molar refractivity (Wildman–Crippen MR) is 152 cm³/mol. The van der Waals surface area contributed by atoms with Crippen molar-refractivity contribution >= 4 is 40.3 Å². The van der Waals surface area contributed by atoms with E-state index in [0.29, 0.717) is 35.1 Å². The molecule has 0 fully saturated rings. The molecule has 3 aromatic heterocycles. The Kier molecular flexibility index (Phi) is 11.6. The summed E-state index contributed by atoms with van der Waals surface area (Å²) in [6, 6.07) is 8.81. The van der Waals surface area contributed by atoms with E-state index in [1.807, 2.05) is 0 Å². The molecule has 3 heterocycles. The van der Waals surface area contributed by atoms with Crippen molar-refractivity contribution in [3.05, 3.63) is 77.9 Å². The lowest BCUT2D eigenvalue weighted by atomic mass is 10.2. The molecule has 0 spiro atoms. The summed E-state index contributed by atoms with van der Waals surface area (Å²) in [6.45, 7) is 0.435. The molecule has 0 aliphatic heterocycles. The highest BCUT2D eigenvalue weighted by Gasteiger charge is 2.39. The highest BCUT2D eigenvalue weighted by Crippen LogP contribution is 2.31. The Morgan fingerprint density at radius 3 is 2.02 bits per heavy atom. The molecule has 1 amide bonds. The molecule has 0 unspecified atom stereocenters. The van der Waals surface area contributed by atoms with E-state index < -0.39 is 53.6 Å². The number of carbonyl (C=O) groups is 3. The standard InChI is InChI=1S/C23H18F4N8O2.2C2HF3O2/c1-29-11-20-30-6-7-34(20)12-2-4-16(15(24)9-12)31-22(36)17-10-19(23(25,26)27)32-35(17)13-3-5-18-14(8-13)21(28)33-37-18;2*3-2(4,5)1(6)7/h2-10,29H,11H2,1H3,(H2,28,33)(H,31,36);2*(H,6,7). The van der Waals surface area contributed by atoms with Crippen LogP contribution in [0.5, 0.6) is 0 Å². The number of rotatable bonds is 6. The molecule has 24 heteroatoms. The maximum Gasteiger partial charge on any atom is 0.490 e. The third-order valence-electron chi connectivity index (χ3n) is 5.97. The predicted octanol–water partition coefficient (Wildman–Crippen LogP) is 5.18. The van der Waals surface area contributed by atoms with Gasteiger partial charge in [-0.25, -0.2) is 23.6 Å². The van der Waals surface area contributed by atoms with E-state index in [2.05, 4.69) is 25.9 Å². The summed E-state index contributed by atoms with van der Waals surface area (Å²) < 4.78 is 126. The van der Waals surface area contributed by atoms with Crippen molar-refractivity contribution in [2.75, 3.05) is 18.1 Å². The van der Waals surface area contributed by atoms with E-state index in [9.17, 15) is 48.7 Å². The van der Waals surface area contributed by atoms with Crippen LogP contribution in [0.4, 0.5) is 55.4 Å². The monoisotopic (exact) mass is 742 g/mol. The fraction of sp³-hybridized carbons (Fsp3) is 0.185. The van der Waals surface area contributed by atoms with Gasteiger partial charge in [-0.3, -0.25) is 4.79 Å². The lowest BCUT2D eigenvalue weighted by Crippen LogP contribution is -2.21. The number of carboxylic acids is 2. The van der Waals surface area contributed by atoms with E-state index in [-0.39, 0.29) is 17.2 Å². The Balaban J connectivity index is 0.000000424. The number of nitrogens with one attached hydrogen (secondary N) is 2.